The van der Waals surface area contributed by atoms with Gasteiger partial charge in [0, 0.05) is 44.6 Å². The summed E-state index contributed by atoms with van der Waals surface area (Å²) in [6, 6.07) is 19.6. The van der Waals surface area contributed by atoms with Gasteiger partial charge in [0.1, 0.15) is 5.76 Å². The summed E-state index contributed by atoms with van der Waals surface area (Å²) in [4.78, 5) is 24.0. The molecule has 0 radical (unpaired) electrons. The number of hydrogen-bond donors (Lipinski definition) is 0. The van der Waals surface area contributed by atoms with E-state index in [0.717, 1.165) is 49.9 Å². The molecule has 0 N–H and O–H groups in total. The number of pyridine rings is 1. The van der Waals surface area contributed by atoms with Crippen LogP contribution in [0, 0.1) is 0 Å². The van der Waals surface area contributed by atoms with Gasteiger partial charge in [0.15, 0.2) is 0 Å². The lowest BCUT2D eigenvalue weighted by molar-refractivity contribution is -0.120. The van der Waals surface area contributed by atoms with Crippen molar-refractivity contribution in [2.24, 2.45) is 0 Å². The van der Waals surface area contributed by atoms with Crippen LogP contribution in [0.4, 0.5) is 5.69 Å². The molecule has 0 spiro atoms. The summed E-state index contributed by atoms with van der Waals surface area (Å²) in [5.41, 5.74) is 1.98. The molecule has 1 amide bonds. The van der Waals surface area contributed by atoms with Crippen molar-refractivity contribution in [3.63, 3.8) is 0 Å². The van der Waals surface area contributed by atoms with Crippen molar-refractivity contribution >= 4 is 11.6 Å². The van der Waals surface area contributed by atoms with E-state index in [9.17, 15) is 4.79 Å². The zero-order valence-corrected chi connectivity index (χ0v) is 16.5. The van der Waals surface area contributed by atoms with E-state index >= 15 is 0 Å². The second kappa shape index (κ2) is 9.49. The molecule has 1 aliphatic rings. The predicted molar refractivity (Wildman–Crippen MR) is 112 cm³/mol. The number of furan rings is 1. The molecule has 6 heteroatoms. The number of benzene rings is 1. The molecular formula is C23H26N4O2. The summed E-state index contributed by atoms with van der Waals surface area (Å²) in [6.45, 7) is 5.34. The number of hydrogen-bond acceptors (Lipinski definition) is 5. The molecule has 0 atom stereocenters. The first-order valence-corrected chi connectivity index (χ1v) is 10.0. The smallest absolute Gasteiger partial charge is 0.241 e. The first kappa shape index (κ1) is 19.4. The Bertz CT molecular complexity index is 876. The highest BCUT2D eigenvalue weighted by Crippen LogP contribution is 2.18. The third-order valence-electron chi connectivity index (χ3n) is 5.20. The number of nitrogens with zero attached hydrogens (tertiary/aromatic N) is 4. The topological polar surface area (TPSA) is 52.8 Å². The molecule has 1 aromatic carbocycles. The van der Waals surface area contributed by atoms with Gasteiger partial charge >= 0.3 is 0 Å². The number of anilines is 1. The molecule has 1 saturated heterocycles. The van der Waals surface area contributed by atoms with Gasteiger partial charge in [-0.05, 0) is 36.4 Å². The van der Waals surface area contributed by atoms with Gasteiger partial charge in [0.25, 0.3) is 0 Å². The zero-order chi connectivity index (χ0) is 19.9. The van der Waals surface area contributed by atoms with Crippen LogP contribution in [0.25, 0.3) is 0 Å². The first-order chi connectivity index (χ1) is 14.3. The number of carbonyl (C=O) groups excluding carboxylic acids is 1. The number of piperazine rings is 1. The van der Waals surface area contributed by atoms with E-state index < -0.39 is 0 Å². The van der Waals surface area contributed by atoms with Crippen molar-refractivity contribution in [3.8, 4) is 0 Å². The number of amides is 1. The minimum atomic E-state index is 0.0887. The van der Waals surface area contributed by atoms with Gasteiger partial charge < -0.3 is 9.32 Å². The average Bonchev–Trinajstić information content (AvgIpc) is 3.28. The molecule has 2 aromatic heterocycles. The van der Waals surface area contributed by atoms with Crippen LogP contribution in [0.15, 0.2) is 77.5 Å². The van der Waals surface area contributed by atoms with E-state index in [1.807, 2.05) is 60.8 Å². The van der Waals surface area contributed by atoms with Gasteiger partial charge in [0.2, 0.25) is 5.91 Å². The molecule has 3 aromatic rings. The third kappa shape index (κ3) is 5.31. The molecule has 1 fully saturated rings. The van der Waals surface area contributed by atoms with Gasteiger partial charge in [-0.2, -0.15) is 0 Å². The summed E-state index contributed by atoms with van der Waals surface area (Å²) >= 11 is 0. The Kier molecular flexibility index (Phi) is 6.34. The van der Waals surface area contributed by atoms with E-state index in [4.69, 9.17) is 4.42 Å². The summed E-state index contributed by atoms with van der Waals surface area (Å²) < 4.78 is 5.48. The fourth-order valence-corrected chi connectivity index (χ4v) is 3.59. The summed E-state index contributed by atoms with van der Waals surface area (Å²) in [5, 5.41) is 0. The highest BCUT2D eigenvalue weighted by molar-refractivity contribution is 5.94. The van der Waals surface area contributed by atoms with E-state index in [1.54, 1.807) is 11.2 Å². The Morgan fingerprint density at radius 1 is 0.931 bits per heavy atom. The molecule has 0 saturated carbocycles. The second-order valence-electron chi connectivity index (χ2n) is 7.27. The lowest BCUT2D eigenvalue weighted by atomic mass is 10.2. The predicted octanol–water partition coefficient (Wildman–Crippen LogP) is 3.03. The van der Waals surface area contributed by atoms with E-state index in [-0.39, 0.29) is 5.91 Å². The quantitative estimate of drug-likeness (QED) is 0.621. The van der Waals surface area contributed by atoms with Crippen molar-refractivity contribution in [2.45, 2.75) is 13.1 Å². The largest absolute Gasteiger partial charge is 0.467 e. The Morgan fingerprint density at radius 2 is 1.69 bits per heavy atom. The van der Waals surface area contributed by atoms with Gasteiger partial charge in [-0.15, -0.1) is 0 Å². The van der Waals surface area contributed by atoms with Gasteiger partial charge in [0.05, 0.1) is 25.0 Å². The molecule has 6 nitrogen and oxygen atoms in total. The molecular weight excluding hydrogens is 364 g/mol. The molecule has 0 unspecified atom stereocenters. The maximum atomic E-state index is 13.1. The van der Waals surface area contributed by atoms with Gasteiger partial charge in [-0.3, -0.25) is 19.6 Å². The van der Waals surface area contributed by atoms with Crippen molar-refractivity contribution in [1.29, 1.82) is 0 Å². The first-order valence-electron chi connectivity index (χ1n) is 10.0. The number of rotatable bonds is 7. The minimum absolute atomic E-state index is 0.0887. The van der Waals surface area contributed by atoms with Crippen LogP contribution in [0.2, 0.25) is 0 Å². The SMILES string of the molecule is O=C(CN1CCN(Cc2ccccn2)CC1)N(Cc1ccco1)c1ccccc1. The van der Waals surface area contributed by atoms with Crippen molar-refractivity contribution in [1.82, 2.24) is 14.8 Å². The molecule has 0 bridgehead atoms. The molecule has 29 heavy (non-hydrogen) atoms. The minimum Gasteiger partial charge on any atom is -0.467 e. The fraction of sp³-hybridized carbons (Fsp3) is 0.304. The van der Waals surface area contributed by atoms with Crippen molar-refractivity contribution in [2.75, 3.05) is 37.6 Å². The monoisotopic (exact) mass is 390 g/mol. The standard InChI is InChI=1S/C23H26N4O2/c28-23(27(18-22-10-6-16-29-22)21-8-2-1-3-9-21)19-26-14-12-25(13-15-26)17-20-7-4-5-11-24-20/h1-11,16H,12-15,17-19H2. The fourth-order valence-electron chi connectivity index (χ4n) is 3.59. The second-order valence-corrected chi connectivity index (χ2v) is 7.27. The highest BCUT2D eigenvalue weighted by Gasteiger charge is 2.23. The van der Waals surface area contributed by atoms with Crippen molar-refractivity contribution < 1.29 is 9.21 Å². The molecule has 3 heterocycles. The Balaban J connectivity index is 1.34. The lowest BCUT2D eigenvalue weighted by Crippen LogP contribution is -2.49. The maximum Gasteiger partial charge on any atom is 0.241 e. The molecule has 1 aliphatic heterocycles. The molecule has 4 rings (SSSR count). The number of para-hydroxylation sites is 1. The van der Waals surface area contributed by atoms with Gasteiger partial charge in [-0.1, -0.05) is 24.3 Å². The summed E-state index contributed by atoms with van der Waals surface area (Å²) in [5.74, 6) is 0.869. The highest BCUT2D eigenvalue weighted by atomic mass is 16.3. The van der Waals surface area contributed by atoms with Crippen LogP contribution in [-0.2, 0) is 17.9 Å². The zero-order valence-electron chi connectivity index (χ0n) is 16.5. The van der Waals surface area contributed by atoms with Crippen LogP contribution >= 0.6 is 0 Å². The molecule has 0 aliphatic carbocycles. The van der Waals surface area contributed by atoms with Crippen LogP contribution in [0.3, 0.4) is 0 Å². The van der Waals surface area contributed by atoms with Gasteiger partial charge in [-0.25, -0.2) is 0 Å². The normalized spacial score (nSPS) is 15.3. The summed E-state index contributed by atoms with van der Waals surface area (Å²) in [6.07, 6.45) is 3.48. The number of carbonyl (C=O) groups is 1. The van der Waals surface area contributed by atoms with Crippen LogP contribution < -0.4 is 4.90 Å². The van der Waals surface area contributed by atoms with E-state index in [2.05, 4.69) is 20.9 Å². The maximum absolute atomic E-state index is 13.1. The van der Waals surface area contributed by atoms with Crippen molar-refractivity contribution in [3.05, 3.63) is 84.6 Å². The van der Waals surface area contributed by atoms with Crippen LogP contribution in [0.5, 0.6) is 0 Å². The number of aromatic nitrogens is 1. The van der Waals surface area contributed by atoms with Crippen LogP contribution in [-0.4, -0.2) is 53.4 Å². The third-order valence-corrected chi connectivity index (χ3v) is 5.20. The Hall–Kier alpha value is -2.96. The summed E-state index contributed by atoms with van der Waals surface area (Å²) in [7, 11) is 0. The van der Waals surface area contributed by atoms with Crippen LogP contribution in [0.1, 0.15) is 11.5 Å². The molecule has 150 valence electrons. The average molecular weight is 390 g/mol. The Labute approximate surface area is 171 Å². The van der Waals surface area contributed by atoms with E-state index in [1.165, 1.54) is 0 Å². The Morgan fingerprint density at radius 3 is 2.38 bits per heavy atom. The lowest BCUT2D eigenvalue weighted by Gasteiger charge is -2.35. The van der Waals surface area contributed by atoms with E-state index in [0.29, 0.717) is 13.1 Å².